The predicted octanol–water partition coefficient (Wildman–Crippen LogP) is 6.19. The first-order valence-corrected chi connectivity index (χ1v) is 13.7. The molecule has 1 heterocycles. The minimum atomic E-state index is -0.930. The molecule has 39 heavy (non-hydrogen) atoms. The van der Waals surface area contributed by atoms with E-state index in [1.807, 2.05) is 67.6 Å². The molecule has 0 unspecified atom stereocenters. The smallest absolute Gasteiger partial charge is 0.328 e. The maximum Gasteiger partial charge on any atom is 0.328 e. The largest absolute Gasteiger partial charge is 0.497 e. The van der Waals surface area contributed by atoms with E-state index in [0.717, 1.165) is 32.1 Å². The highest BCUT2D eigenvalue weighted by molar-refractivity contribution is 9.10. The van der Waals surface area contributed by atoms with Crippen LogP contribution in [0.3, 0.4) is 0 Å². The van der Waals surface area contributed by atoms with Crippen molar-refractivity contribution in [3.63, 3.8) is 0 Å². The summed E-state index contributed by atoms with van der Waals surface area (Å²) in [6.07, 6.45) is 0.109. The van der Waals surface area contributed by atoms with E-state index < -0.39 is 41.5 Å². The Morgan fingerprint density at radius 3 is 2.18 bits per heavy atom. The molecule has 1 aliphatic heterocycles. The van der Waals surface area contributed by atoms with Crippen molar-refractivity contribution >= 4 is 44.5 Å². The minimum Gasteiger partial charge on any atom is -0.497 e. The van der Waals surface area contributed by atoms with Crippen LogP contribution in [0, 0.1) is 5.92 Å². The van der Waals surface area contributed by atoms with Crippen LogP contribution >= 0.6 is 15.9 Å². The van der Waals surface area contributed by atoms with Gasteiger partial charge in [-0.15, -0.1) is 0 Å². The van der Waals surface area contributed by atoms with Crippen LogP contribution < -0.4 is 4.74 Å². The van der Waals surface area contributed by atoms with Crippen molar-refractivity contribution in [2.75, 3.05) is 14.2 Å². The van der Waals surface area contributed by atoms with Crippen molar-refractivity contribution in [3.8, 4) is 5.75 Å². The Bertz CT molecular complexity index is 1380. The highest BCUT2D eigenvalue weighted by atomic mass is 79.9. The predicted molar refractivity (Wildman–Crippen MR) is 152 cm³/mol. The molecule has 4 atom stereocenters. The number of hydrogen-bond donors (Lipinski definition) is 0. The molecule has 1 saturated heterocycles. The van der Waals surface area contributed by atoms with Gasteiger partial charge in [0.05, 0.1) is 32.1 Å². The van der Waals surface area contributed by atoms with Crippen LogP contribution in [0.25, 0.3) is 10.8 Å². The summed E-state index contributed by atoms with van der Waals surface area (Å²) in [7, 11) is 2.91. The SMILES string of the molecule is COC(=O)[C@H]1C[C@@H](C(=O)OC(C)(C)C)[C@@H](c2ccc(Br)cc2)N1C(=O)[C@@H](C)c1ccc2cc(OC)ccc2c1. The maximum absolute atomic E-state index is 14.3. The zero-order chi connectivity index (χ0) is 28.5. The summed E-state index contributed by atoms with van der Waals surface area (Å²) in [4.78, 5) is 42.3. The molecule has 0 bridgehead atoms. The summed E-state index contributed by atoms with van der Waals surface area (Å²) >= 11 is 3.46. The van der Waals surface area contributed by atoms with Gasteiger partial charge in [0.1, 0.15) is 17.4 Å². The molecule has 3 aromatic rings. The zero-order valence-corrected chi connectivity index (χ0v) is 24.7. The lowest BCUT2D eigenvalue weighted by Gasteiger charge is -2.33. The summed E-state index contributed by atoms with van der Waals surface area (Å²) in [6, 6.07) is 17.4. The van der Waals surface area contributed by atoms with E-state index in [1.165, 1.54) is 12.0 Å². The van der Waals surface area contributed by atoms with Crippen molar-refractivity contribution in [2.45, 2.75) is 57.7 Å². The molecule has 0 saturated carbocycles. The first-order valence-electron chi connectivity index (χ1n) is 12.9. The first kappa shape index (κ1) is 28.6. The lowest BCUT2D eigenvalue weighted by molar-refractivity contribution is -0.161. The molecule has 7 nitrogen and oxygen atoms in total. The number of methoxy groups -OCH3 is 2. The molecule has 0 aromatic heterocycles. The maximum atomic E-state index is 14.3. The molecule has 8 heteroatoms. The number of amides is 1. The van der Waals surface area contributed by atoms with E-state index in [4.69, 9.17) is 14.2 Å². The molecule has 3 aromatic carbocycles. The molecule has 4 rings (SSSR count). The average molecular weight is 597 g/mol. The van der Waals surface area contributed by atoms with E-state index in [2.05, 4.69) is 15.9 Å². The Balaban J connectivity index is 1.77. The van der Waals surface area contributed by atoms with Gasteiger partial charge in [-0.05, 0) is 80.3 Å². The molecule has 1 amide bonds. The minimum absolute atomic E-state index is 0.109. The lowest BCUT2D eigenvalue weighted by Crippen LogP contribution is -2.44. The Kier molecular flexibility index (Phi) is 8.35. The number of fused-ring (bicyclic) bond motifs is 1. The summed E-state index contributed by atoms with van der Waals surface area (Å²) in [6.45, 7) is 7.21. The molecule has 0 radical (unpaired) electrons. The molecule has 206 valence electrons. The fraction of sp³-hybridized carbons (Fsp3) is 0.387. The third-order valence-corrected chi connectivity index (χ3v) is 7.61. The van der Waals surface area contributed by atoms with Crippen LogP contribution in [-0.2, 0) is 23.9 Å². The second kappa shape index (κ2) is 11.4. The van der Waals surface area contributed by atoms with E-state index in [-0.39, 0.29) is 12.3 Å². The van der Waals surface area contributed by atoms with E-state index in [9.17, 15) is 14.4 Å². The highest BCUT2D eigenvalue weighted by Gasteiger charge is 2.52. The Labute approximate surface area is 237 Å². The average Bonchev–Trinajstić information content (AvgIpc) is 3.31. The zero-order valence-electron chi connectivity index (χ0n) is 23.1. The molecule has 0 spiro atoms. The van der Waals surface area contributed by atoms with E-state index >= 15 is 0 Å². The summed E-state index contributed by atoms with van der Waals surface area (Å²) in [5, 5.41) is 1.96. The number of halogens is 1. The van der Waals surface area contributed by atoms with Crippen molar-refractivity contribution in [1.29, 1.82) is 0 Å². The van der Waals surface area contributed by atoms with Gasteiger partial charge in [-0.2, -0.15) is 0 Å². The number of carbonyl (C=O) groups is 3. The number of ether oxygens (including phenoxy) is 3. The van der Waals surface area contributed by atoms with Gasteiger partial charge in [0.15, 0.2) is 0 Å². The van der Waals surface area contributed by atoms with E-state index in [1.54, 1.807) is 27.9 Å². The highest BCUT2D eigenvalue weighted by Crippen LogP contribution is 2.44. The van der Waals surface area contributed by atoms with Gasteiger partial charge in [-0.1, -0.05) is 52.3 Å². The monoisotopic (exact) mass is 595 g/mol. The van der Waals surface area contributed by atoms with Crippen molar-refractivity contribution < 1.29 is 28.6 Å². The molecule has 1 fully saturated rings. The van der Waals surface area contributed by atoms with Crippen molar-refractivity contribution in [1.82, 2.24) is 4.90 Å². The third kappa shape index (κ3) is 6.11. The molecule has 0 aliphatic carbocycles. The quantitative estimate of drug-likeness (QED) is 0.316. The Morgan fingerprint density at radius 2 is 1.56 bits per heavy atom. The number of rotatable bonds is 6. The summed E-state index contributed by atoms with van der Waals surface area (Å²) < 4.78 is 17.0. The number of nitrogens with zero attached hydrogens (tertiary/aromatic N) is 1. The topological polar surface area (TPSA) is 82.1 Å². The van der Waals surface area contributed by atoms with Crippen LogP contribution in [0.2, 0.25) is 0 Å². The van der Waals surface area contributed by atoms with Gasteiger partial charge < -0.3 is 19.1 Å². The van der Waals surface area contributed by atoms with Crippen LogP contribution in [0.4, 0.5) is 0 Å². The van der Waals surface area contributed by atoms with Crippen LogP contribution in [0.15, 0.2) is 65.1 Å². The Hall–Kier alpha value is -3.39. The van der Waals surface area contributed by atoms with Crippen LogP contribution in [0.1, 0.15) is 57.2 Å². The van der Waals surface area contributed by atoms with Gasteiger partial charge in [-0.3, -0.25) is 9.59 Å². The Morgan fingerprint density at radius 1 is 0.923 bits per heavy atom. The summed E-state index contributed by atoms with van der Waals surface area (Å²) in [5.74, 6) is -1.85. The number of carbonyl (C=O) groups excluding carboxylic acids is 3. The molecule has 0 N–H and O–H groups in total. The van der Waals surface area contributed by atoms with Crippen LogP contribution in [0.5, 0.6) is 5.75 Å². The van der Waals surface area contributed by atoms with Gasteiger partial charge in [0.2, 0.25) is 5.91 Å². The fourth-order valence-electron chi connectivity index (χ4n) is 5.17. The molecule has 1 aliphatic rings. The van der Waals surface area contributed by atoms with E-state index in [0.29, 0.717) is 0 Å². The number of esters is 2. The summed E-state index contributed by atoms with van der Waals surface area (Å²) in [5.41, 5.74) is 0.823. The van der Waals surface area contributed by atoms with Gasteiger partial charge in [0.25, 0.3) is 0 Å². The van der Waals surface area contributed by atoms with Gasteiger partial charge in [-0.25, -0.2) is 4.79 Å². The number of hydrogen-bond acceptors (Lipinski definition) is 6. The van der Waals surface area contributed by atoms with Crippen molar-refractivity contribution in [3.05, 3.63) is 76.3 Å². The van der Waals surface area contributed by atoms with Crippen LogP contribution in [-0.4, -0.2) is 48.6 Å². The van der Waals surface area contributed by atoms with Gasteiger partial charge in [0, 0.05) is 4.47 Å². The lowest BCUT2D eigenvalue weighted by atomic mass is 9.91. The van der Waals surface area contributed by atoms with Gasteiger partial charge >= 0.3 is 11.9 Å². The second-order valence-corrected chi connectivity index (χ2v) is 11.8. The number of likely N-dealkylation sites (tertiary alicyclic amines) is 1. The first-order chi connectivity index (χ1) is 18.4. The molecular weight excluding hydrogens is 562 g/mol. The third-order valence-electron chi connectivity index (χ3n) is 7.08. The second-order valence-electron chi connectivity index (χ2n) is 10.9. The van der Waals surface area contributed by atoms with Crippen molar-refractivity contribution in [2.24, 2.45) is 5.92 Å². The standard InChI is InChI=1S/C31H34BrNO6/c1-18(20-7-8-22-16-24(37-5)14-11-21(22)15-20)28(34)33-26(30(36)38-6)17-25(29(35)39-31(2,3)4)27(33)19-9-12-23(32)13-10-19/h7-16,18,25-27H,17H2,1-6H3/t18-,25+,26+,27+/m0/s1. The number of benzene rings is 3. The molecular formula is C31H34BrNO6. The fourth-order valence-corrected chi connectivity index (χ4v) is 5.43. The normalized spacial score (nSPS) is 20.0.